The van der Waals surface area contributed by atoms with Gasteiger partial charge in [-0.25, -0.2) is 0 Å². The predicted octanol–water partition coefficient (Wildman–Crippen LogP) is 4.67. The van der Waals surface area contributed by atoms with Crippen molar-refractivity contribution in [2.75, 3.05) is 6.54 Å². The van der Waals surface area contributed by atoms with Gasteiger partial charge < -0.3 is 5.32 Å². The minimum Gasteiger partial charge on any atom is -0.314 e. The van der Waals surface area contributed by atoms with Crippen LogP contribution in [0.15, 0.2) is 22.7 Å². The van der Waals surface area contributed by atoms with E-state index < -0.39 is 0 Å². The highest BCUT2D eigenvalue weighted by Gasteiger charge is 2.55. The van der Waals surface area contributed by atoms with Crippen LogP contribution in [0.2, 0.25) is 5.02 Å². The van der Waals surface area contributed by atoms with Gasteiger partial charge in [-0.15, -0.1) is 0 Å². The number of fused-ring (bicyclic) bond motifs is 1. The van der Waals surface area contributed by atoms with Crippen molar-refractivity contribution in [2.45, 2.75) is 38.6 Å². The van der Waals surface area contributed by atoms with Crippen LogP contribution < -0.4 is 5.32 Å². The molecule has 2 fully saturated rings. The maximum atomic E-state index is 6.36. The maximum absolute atomic E-state index is 6.36. The van der Waals surface area contributed by atoms with Gasteiger partial charge in [0.2, 0.25) is 0 Å². The molecule has 19 heavy (non-hydrogen) atoms. The van der Waals surface area contributed by atoms with Gasteiger partial charge in [-0.2, -0.15) is 0 Å². The van der Waals surface area contributed by atoms with Crippen LogP contribution in [0.25, 0.3) is 0 Å². The quantitative estimate of drug-likeness (QED) is 0.820. The summed E-state index contributed by atoms with van der Waals surface area (Å²) >= 11 is 9.84. The lowest BCUT2D eigenvalue weighted by Crippen LogP contribution is -2.34. The van der Waals surface area contributed by atoms with E-state index in [1.54, 1.807) is 0 Å². The highest BCUT2D eigenvalue weighted by Crippen LogP contribution is 2.59. The number of benzene rings is 1. The topological polar surface area (TPSA) is 12.0 Å². The molecule has 2 aliphatic rings. The number of hydrogen-bond donors (Lipinski definition) is 1. The van der Waals surface area contributed by atoms with Gasteiger partial charge in [-0.1, -0.05) is 46.9 Å². The van der Waals surface area contributed by atoms with Crippen LogP contribution in [0, 0.1) is 17.8 Å². The van der Waals surface area contributed by atoms with E-state index in [1.165, 1.54) is 24.8 Å². The summed E-state index contributed by atoms with van der Waals surface area (Å²) in [5.41, 5.74) is 1.28. The molecule has 3 unspecified atom stereocenters. The molecule has 2 aliphatic carbocycles. The van der Waals surface area contributed by atoms with Crippen LogP contribution in [0.3, 0.4) is 0 Å². The summed E-state index contributed by atoms with van der Waals surface area (Å²) in [6, 6.07) is 6.87. The Morgan fingerprint density at radius 1 is 1.37 bits per heavy atom. The molecular formula is C16H21BrClN. The molecule has 0 aliphatic heterocycles. The van der Waals surface area contributed by atoms with Gasteiger partial charge in [0, 0.05) is 15.5 Å². The Bertz CT molecular complexity index is 452. The molecule has 0 aromatic heterocycles. The number of nitrogens with one attached hydrogen (secondary N) is 1. The van der Waals surface area contributed by atoms with Crippen molar-refractivity contribution in [3.63, 3.8) is 0 Å². The molecule has 0 bridgehead atoms. The molecule has 1 N–H and O–H groups in total. The third kappa shape index (κ3) is 2.86. The van der Waals surface area contributed by atoms with Crippen molar-refractivity contribution >= 4 is 27.5 Å². The average Bonchev–Trinajstić information content (AvgIpc) is 2.85. The highest BCUT2D eigenvalue weighted by atomic mass is 79.9. The van der Waals surface area contributed by atoms with E-state index in [2.05, 4.69) is 40.3 Å². The van der Waals surface area contributed by atoms with Gasteiger partial charge in [-0.3, -0.25) is 0 Å². The lowest BCUT2D eigenvalue weighted by Gasteiger charge is -2.20. The second-order valence-electron chi connectivity index (χ2n) is 5.94. The van der Waals surface area contributed by atoms with E-state index in [9.17, 15) is 0 Å². The van der Waals surface area contributed by atoms with Crippen molar-refractivity contribution in [1.29, 1.82) is 0 Å². The summed E-state index contributed by atoms with van der Waals surface area (Å²) in [6.45, 7) is 3.25. The van der Waals surface area contributed by atoms with Crippen LogP contribution >= 0.6 is 27.5 Å². The SMILES string of the molecule is CCNC(Cc1ccc(Br)cc1Cl)C1C2CCCC21. The summed E-state index contributed by atoms with van der Waals surface area (Å²) in [5.74, 6) is 2.89. The second-order valence-corrected chi connectivity index (χ2v) is 7.26. The lowest BCUT2D eigenvalue weighted by molar-refractivity contribution is 0.411. The molecule has 0 saturated heterocycles. The number of hydrogen-bond acceptors (Lipinski definition) is 1. The Hall–Kier alpha value is -0.0500. The first-order valence-electron chi connectivity index (χ1n) is 7.38. The number of halogens is 2. The monoisotopic (exact) mass is 341 g/mol. The summed E-state index contributed by atoms with van der Waals surface area (Å²) < 4.78 is 1.06. The van der Waals surface area contributed by atoms with E-state index in [1.807, 2.05) is 6.07 Å². The minimum atomic E-state index is 0.610. The van der Waals surface area contributed by atoms with Gasteiger partial charge in [0.25, 0.3) is 0 Å². The number of rotatable bonds is 5. The summed E-state index contributed by atoms with van der Waals surface area (Å²) in [5, 5.41) is 4.58. The molecular weight excluding hydrogens is 322 g/mol. The lowest BCUT2D eigenvalue weighted by atomic mass is 9.97. The van der Waals surface area contributed by atoms with E-state index in [-0.39, 0.29) is 0 Å². The Kier molecular flexibility index (Phi) is 4.21. The Labute approximate surface area is 129 Å². The molecule has 2 saturated carbocycles. The van der Waals surface area contributed by atoms with Crippen molar-refractivity contribution in [1.82, 2.24) is 5.32 Å². The third-order valence-corrected chi connectivity index (χ3v) is 5.70. The average molecular weight is 343 g/mol. The fourth-order valence-electron chi connectivity index (χ4n) is 4.00. The molecule has 3 atom stereocenters. The Morgan fingerprint density at radius 2 is 2.11 bits per heavy atom. The number of likely N-dealkylation sites (N-methyl/N-ethyl adjacent to an activating group) is 1. The van der Waals surface area contributed by atoms with E-state index in [4.69, 9.17) is 11.6 Å². The summed E-state index contributed by atoms with van der Waals surface area (Å²) in [6.07, 6.45) is 5.41. The van der Waals surface area contributed by atoms with Gasteiger partial charge in [0.05, 0.1) is 0 Å². The Morgan fingerprint density at radius 3 is 2.74 bits per heavy atom. The standard InChI is InChI=1S/C16H21BrClN/c1-2-19-15(16-12-4-3-5-13(12)16)8-10-6-7-11(17)9-14(10)18/h6-7,9,12-13,15-16,19H,2-5,8H2,1H3. The first-order chi connectivity index (χ1) is 9.20. The first kappa shape index (κ1) is 13.9. The zero-order valence-electron chi connectivity index (χ0n) is 11.3. The molecule has 3 rings (SSSR count). The molecule has 3 heteroatoms. The van der Waals surface area contributed by atoms with E-state index in [0.717, 1.165) is 40.2 Å². The van der Waals surface area contributed by atoms with Crippen LogP contribution in [0.5, 0.6) is 0 Å². The van der Waals surface area contributed by atoms with Crippen molar-refractivity contribution in [2.24, 2.45) is 17.8 Å². The highest BCUT2D eigenvalue weighted by molar-refractivity contribution is 9.10. The molecule has 1 nitrogen and oxygen atoms in total. The predicted molar refractivity (Wildman–Crippen MR) is 84.6 cm³/mol. The molecule has 0 amide bonds. The third-order valence-electron chi connectivity index (χ3n) is 4.86. The summed E-state index contributed by atoms with van der Waals surface area (Å²) in [7, 11) is 0. The molecule has 1 aromatic rings. The maximum Gasteiger partial charge on any atom is 0.0449 e. The fourth-order valence-corrected chi connectivity index (χ4v) is 4.75. The van der Waals surface area contributed by atoms with Gasteiger partial charge in [0.15, 0.2) is 0 Å². The normalized spacial score (nSPS) is 30.2. The second kappa shape index (κ2) is 5.75. The fraction of sp³-hybridized carbons (Fsp3) is 0.625. The van der Waals surface area contributed by atoms with E-state index >= 15 is 0 Å². The van der Waals surface area contributed by atoms with Crippen molar-refractivity contribution in [3.05, 3.63) is 33.3 Å². The molecule has 0 heterocycles. The zero-order valence-corrected chi connectivity index (χ0v) is 13.7. The van der Waals surface area contributed by atoms with Crippen LogP contribution in [0.4, 0.5) is 0 Å². The van der Waals surface area contributed by atoms with Crippen LogP contribution in [-0.4, -0.2) is 12.6 Å². The minimum absolute atomic E-state index is 0.610. The molecule has 0 radical (unpaired) electrons. The molecule has 104 valence electrons. The van der Waals surface area contributed by atoms with Gasteiger partial charge in [0.1, 0.15) is 0 Å². The van der Waals surface area contributed by atoms with Crippen LogP contribution in [0.1, 0.15) is 31.7 Å². The van der Waals surface area contributed by atoms with Gasteiger partial charge >= 0.3 is 0 Å². The molecule has 1 aromatic carbocycles. The summed E-state index contributed by atoms with van der Waals surface area (Å²) in [4.78, 5) is 0. The van der Waals surface area contributed by atoms with Crippen molar-refractivity contribution < 1.29 is 0 Å². The van der Waals surface area contributed by atoms with Crippen molar-refractivity contribution in [3.8, 4) is 0 Å². The largest absolute Gasteiger partial charge is 0.314 e. The van der Waals surface area contributed by atoms with E-state index in [0.29, 0.717) is 6.04 Å². The smallest absolute Gasteiger partial charge is 0.0449 e. The van der Waals surface area contributed by atoms with Gasteiger partial charge in [-0.05, 0) is 61.3 Å². The molecule has 0 spiro atoms. The first-order valence-corrected chi connectivity index (χ1v) is 8.55. The van der Waals surface area contributed by atoms with Crippen LogP contribution in [-0.2, 0) is 6.42 Å². The zero-order chi connectivity index (χ0) is 13.4. The Balaban J connectivity index is 1.71.